The second-order valence-electron chi connectivity index (χ2n) is 5.94. The highest BCUT2D eigenvalue weighted by Crippen LogP contribution is 2.13. The molecule has 0 heterocycles. The van der Waals surface area contributed by atoms with Crippen molar-refractivity contribution in [2.24, 2.45) is 0 Å². The first kappa shape index (κ1) is 22.0. The first-order valence-corrected chi connectivity index (χ1v) is 10.3. The first-order chi connectivity index (χ1) is 10.6. The normalized spacial score (nSPS) is 14.1. The van der Waals surface area contributed by atoms with Gasteiger partial charge in [-0.3, -0.25) is 0 Å². The molecule has 1 unspecified atom stereocenters. The van der Waals surface area contributed by atoms with Crippen molar-refractivity contribution in [3.05, 3.63) is 0 Å². The van der Waals surface area contributed by atoms with Crippen LogP contribution in [0.2, 0.25) is 0 Å². The summed E-state index contributed by atoms with van der Waals surface area (Å²) >= 11 is 0. The van der Waals surface area contributed by atoms with Crippen molar-refractivity contribution in [1.82, 2.24) is 0 Å². The average Bonchev–Trinajstić information content (AvgIpc) is 2.51. The van der Waals surface area contributed by atoms with Crippen LogP contribution in [0.15, 0.2) is 0 Å². The fraction of sp³-hybridized carbons (Fsp3) is 1.00. The number of unbranched alkanes of at least 4 members (excludes halogenated alkanes) is 13. The highest BCUT2D eigenvalue weighted by Gasteiger charge is 2.34. The largest absolute Gasteiger partial charge is 0.597 e. The Bertz CT molecular complexity index is 277. The topological polar surface area (TPSA) is 83.1 Å². The standard InChI is InChI=1S/C16H36NO4S/c1-2-3-4-5-6-7-8-9-10-11-12-13-14-15-16-20-22(18,19)21-17/h2-16H2,1,17H3/q+2. The Hall–Kier alpha value is -0.0100. The van der Waals surface area contributed by atoms with Crippen LogP contribution in [0.4, 0.5) is 0 Å². The van der Waals surface area contributed by atoms with Crippen molar-refractivity contribution < 1.29 is 23.1 Å². The molecule has 0 aromatic heterocycles. The van der Waals surface area contributed by atoms with Gasteiger partial charge in [0.2, 0.25) is 0 Å². The molecule has 0 rings (SSSR count). The summed E-state index contributed by atoms with van der Waals surface area (Å²) in [5, 5.41) is 0. The SMILES string of the molecule is CCCCCCCCCCCCCCCCO[S+]([O])(=O)O[NH3+]. The van der Waals surface area contributed by atoms with E-state index in [1.807, 2.05) is 0 Å². The smallest absolute Gasteiger partial charge is 0.155 e. The molecule has 0 aromatic rings. The molecule has 1 radical (unpaired) electrons. The maximum absolute atomic E-state index is 10.8. The van der Waals surface area contributed by atoms with Gasteiger partial charge in [0, 0.05) is 4.21 Å². The van der Waals surface area contributed by atoms with Crippen LogP contribution in [0.3, 0.4) is 0 Å². The van der Waals surface area contributed by atoms with E-state index < -0.39 is 10.8 Å². The van der Waals surface area contributed by atoms with Gasteiger partial charge in [0.15, 0.2) is 0 Å². The molecule has 0 spiro atoms. The Kier molecular flexibility index (Phi) is 15.9. The summed E-state index contributed by atoms with van der Waals surface area (Å²) in [6.07, 6.45) is 17.8. The van der Waals surface area contributed by atoms with Crippen LogP contribution in [0.5, 0.6) is 0 Å². The zero-order chi connectivity index (χ0) is 16.5. The lowest BCUT2D eigenvalue weighted by atomic mass is 10.0. The average molecular weight is 339 g/mol. The Morgan fingerprint density at radius 3 is 1.45 bits per heavy atom. The lowest BCUT2D eigenvalue weighted by Gasteiger charge is -2.02. The van der Waals surface area contributed by atoms with Crippen LogP contribution in [0, 0.1) is 0 Å². The van der Waals surface area contributed by atoms with E-state index in [4.69, 9.17) is 0 Å². The van der Waals surface area contributed by atoms with E-state index >= 15 is 0 Å². The summed E-state index contributed by atoms with van der Waals surface area (Å²) in [6, 6.07) is 0. The van der Waals surface area contributed by atoms with E-state index in [1.165, 1.54) is 70.6 Å². The van der Waals surface area contributed by atoms with E-state index in [0.29, 0.717) is 0 Å². The van der Waals surface area contributed by atoms with E-state index in [-0.39, 0.29) is 6.61 Å². The summed E-state index contributed by atoms with van der Waals surface area (Å²) in [7, 11) is -3.85. The van der Waals surface area contributed by atoms with Gasteiger partial charge < -0.3 is 0 Å². The monoisotopic (exact) mass is 338 g/mol. The molecule has 0 fully saturated rings. The van der Waals surface area contributed by atoms with Crippen LogP contribution in [0.1, 0.15) is 96.8 Å². The molecular weight excluding hydrogens is 302 g/mol. The molecule has 0 bridgehead atoms. The van der Waals surface area contributed by atoms with Crippen LogP contribution < -0.4 is 5.90 Å². The highest BCUT2D eigenvalue weighted by atomic mass is 32.3. The van der Waals surface area contributed by atoms with Gasteiger partial charge in [0.1, 0.15) is 11.2 Å². The number of hydrogen-bond donors (Lipinski definition) is 1. The molecule has 0 aliphatic carbocycles. The summed E-state index contributed by atoms with van der Waals surface area (Å²) in [5.41, 5.74) is 0. The summed E-state index contributed by atoms with van der Waals surface area (Å²) in [5.74, 6) is 2.83. The maximum Gasteiger partial charge on any atom is 0.597 e. The highest BCUT2D eigenvalue weighted by molar-refractivity contribution is 7.88. The van der Waals surface area contributed by atoms with Gasteiger partial charge in [-0.05, 0) is 6.42 Å². The number of quaternary nitrogens is 1. The van der Waals surface area contributed by atoms with Gasteiger partial charge in [-0.25, -0.2) is 0 Å². The van der Waals surface area contributed by atoms with Gasteiger partial charge in [-0.1, -0.05) is 90.4 Å². The lowest BCUT2D eigenvalue weighted by molar-refractivity contribution is -0.640. The van der Waals surface area contributed by atoms with E-state index in [1.54, 1.807) is 0 Å². The van der Waals surface area contributed by atoms with Crippen molar-refractivity contribution in [3.63, 3.8) is 0 Å². The molecule has 0 aliphatic rings. The Morgan fingerprint density at radius 2 is 1.09 bits per heavy atom. The Labute approximate surface area is 137 Å². The molecule has 133 valence electrons. The van der Waals surface area contributed by atoms with Crippen molar-refractivity contribution in [2.75, 3.05) is 6.61 Å². The van der Waals surface area contributed by atoms with Crippen molar-refractivity contribution in [3.8, 4) is 0 Å². The van der Waals surface area contributed by atoms with Crippen molar-refractivity contribution in [1.29, 1.82) is 0 Å². The van der Waals surface area contributed by atoms with Gasteiger partial charge in [-0.2, -0.15) is 5.90 Å². The number of hydrogen-bond acceptors (Lipinski definition) is 3. The zero-order valence-corrected chi connectivity index (χ0v) is 15.2. The third-order valence-electron chi connectivity index (χ3n) is 3.87. The minimum atomic E-state index is -3.85. The zero-order valence-electron chi connectivity index (χ0n) is 14.4. The van der Waals surface area contributed by atoms with Gasteiger partial charge in [0.05, 0.1) is 4.28 Å². The van der Waals surface area contributed by atoms with Crippen LogP contribution in [-0.4, -0.2) is 6.61 Å². The van der Waals surface area contributed by atoms with Crippen molar-refractivity contribution >= 4 is 10.8 Å². The van der Waals surface area contributed by atoms with E-state index in [2.05, 4.69) is 21.3 Å². The summed E-state index contributed by atoms with van der Waals surface area (Å²) in [6.45, 7) is 2.45. The molecule has 0 aromatic carbocycles. The second kappa shape index (κ2) is 15.9. The first-order valence-electron chi connectivity index (χ1n) is 8.95. The van der Waals surface area contributed by atoms with Crippen LogP contribution in [0.25, 0.3) is 0 Å². The quantitative estimate of drug-likeness (QED) is 0.243. The van der Waals surface area contributed by atoms with Crippen LogP contribution in [-0.2, 0) is 28.0 Å². The van der Waals surface area contributed by atoms with E-state index in [0.717, 1.165) is 19.3 Å². The summed E-state index contributed by atoms with van der Waals surface area (Å²) in [4.78, 5) is 0. The minimum Gasteiger partial charge on any atom is -0.155 e. The van der Waals surface area contributed by atoms with Gasteiger partial charge in [0.25, 0.3) is 0 Å². The van der Waals surface area contributed by atoms with E-state index in [9.17, 15) is 8.76 Å². The molecule has 0 aliphatic heterocycles. The Morgan fingerprint density at radius 1 is 0.727 bits per heavy atom. The van der Waals surface area contributed by atoms with Gasteiger partial charge >= 0.3 is 10.8 Å². The lowest BCUT2D eigenvalue weighted by Crippen LogP contribution is -2.53. The van der Waals surface area contributed by atoms with Gasteiger partial charge in [-0.15, -0.1) is 4.18 Å². The fourth-order valence-corrected chi connectivity index (χ4v) is 2.88. The molecule has 0 amide bonds. The predicted molar refractivity (Wildman–Crippen MR) is 89.0 cm³/mol. The maximum atomic E-state index is 10.8. The molecule has 6 heteroatoms. The predicted octanol–water partition coefficient (Wildman–Crippen LogP) is 4.33. The molecule has 1 atom stereocenters. The third-order valence-corrected chi connectivity index (χ3v) is 4.61. The molecule has 0 saturated heterocycles. The molecule has 22 heavy (non-hydrogen) atoms. The number of rotatable bonds is 17. The minimum absolute atomic E-state index is 0.190. The summed E-state index contributed by atoms with van der Waals surface area (Å²) < 4.78 is 30.2. The van der Waals surface area contributed by atoms with Crippen LogP contribution >= 0.6 is 0 Å². The Balaban J connectivity index is 3.07. The molecule has 5 nitrogen and oxygen atoms in total. The molecule has 0 saturated carbocycles. The third kappa shape index (κ3) is 16.4. The van der Waals surface area contributed by atoms with Crippen molar-refractivity contribution in [2.45, 2.75) is 96.8 Å². The molecule has 3 N–H and O–H groups in total. The fourth-order valence-electron chi connectivity index (χ4n) is 2.49. The second-order valence-corrected chi connectivity index (χ2v) is 7.23. The molecular formula is C16H36NO4S+2.